The molecule has 0 bridgehead atoms. The van der Waals surface area contributed by atoms with Gasteiger partial charge in [0.1, 0.15) is 0 Å². The molecule has 1 aliphatic rings. The van der Waals surface area contributed by atoms with E-state index >= 15 is 0 Å². The minimum atomic E-state index is 0.356. The number of methoxy groups -OCH3 is 1. The van der Waals surface area contributed by atoms with Crippen LogP contribution in [0.1, 0.15) is 19.8 Å². The van der Waals surface area contributed by atoms with E-state index in [-0.39, 0.29) is 0 Å². The fourth-order valence-electron chi connectivity index (χ4n) is 2.22. The van der Waals surface area contributed by atoms with E-state index in [2.05, 4.69) is 25.2 Å². The van der Waals surface area contributed by atoms with Crippen LogP contribution in [0, 0.1) is 0 Å². The zero-order valence-corrected chi connectivity index (χ0v) is 12.8. The van der Waals surface area contributed by atoms with Gasteiger partial charge in [-0.05, 0) is 19.8 Å². The van der Waals surface area contributed by atoms with Gasteiger partial charge in [-0.15, -0.1) is 0 Å². The van der Waals surface area contributed by atoms with Crippen LogP contribution in [0.3, 0.4) is 0 Å². The van der Waals surface area contributed by atoms with Crippen molar-refractivity contribution in [1.82, 2.24) is 15.0 Å². The first-order valence-corrected chi connectivity index (χ1v) is 7.09. The minimum absolute atomic E-state index is 0.356. The highest BCUT2D eigenvalue weighted by atomic mass is 16.5. The number of hydrogen-bond acceptors (Lipinski definition) is 7. The third-order valence-corrected chi connectivity index (χ3v) is 3.40. The van der Waals surface area contributed by atoms with Gasteiger partial charge in [0.05, 0.1) is 6.10 Å². The predicted octanol–water partition coefficient (Wildman–Crippen LogP) is 0.985. The van der Waals surface area contributed by atoms with Crippen LogP contribution in [0.25, 0.3) is 0 Å². The Bertz CT molecular complexity index is 431. The SMILES string of the molecule is CCNc1nc(N(C)C)nc(N2CCC(OC)CC2)n1. The van der Waals surface area contributed by atoms with Gasteiger partial charge in [0.2, 0.25) is 17.8 Å². The molecule has 0 aromatic carbocycles. The van der Waals surface area contributed by atoms with Gasteiger partial charge in [-0.3, -0.25) is 0 Å². The van der Waals surface area contributed by atoms with E-state index in [9.17, 15) is 0 Å². The molecule has 0 radical (unpaired) electrons. The topological polar surface area (TPSA) is 66.4 Å². The zero-order valence-electron chi connectivity index (χ0n) is 12.8. The van der Waals surface area contributed by atoms with Gasteiger partial charge in [-0.2, -0.15) is 15.0 Å². The number of nitrogens with one attached hydrogen (secondary N) is 1. The van der Waals surface area contributed by atoms with Crippen LogP contribution >= 0.6 is 0 Å². The average Bonchev–Trinajstić information content (AvgIpc) is 2.47. The van der Waals surface area contributed by atoms with Crippen molar-refractivity contribution in [3.8, 4) is 0 Å². The number of piperidine rings is 1. The molecule has 0 saturated carbocycles. The Morgan fingerprint density at radius 2 is 1.95 bits per heavy atom. The average molecular weight is 280 g/mol. The Hall–Kier alpha value is -1.63. The summed E-state index contributed by atoms with van der Waals surface area (Å²) in [6.45, 7) is 4.66. The maximum Gasteiger partial charge on any atom is 0.231 e. The second-order valence-corrected chi connectivity index (χ2v) is 5.11. The molecular weight excluding hydrogens is 256 g/mol. The van der Waals surface area contributed by atoms with Crippen molar-refractivity contribution >= 4 is 17.8 Å². The molecule has 0 amide bonds. The Kier molecular flexibility index (Phi) is 4.94. The van der Waals surface area contributed by atoms with E-state index in [0.29, 0.717) is 18.0 Å². The van der Waals surface area contributed by atoms with Crippen LogP contribution in [0.2, 0.25) is 0 Å². The number of ether oxygens (including phenoxy) is 1. The summed E-state index contributed by atoms with van der Waals surface area (Å²) >= 11 is 0. The molecule has 20 heavy (non-hydrogen) atoms. The number of rotatable bonds is 5. The zero-order chi connectivity index (χ0) is 14.5. The molecule has 2 rings (SSSR count). The lowest BCUT2D eigenvalue weighted by Gasteiger charge is -2.31. The highest BCUT2D eigenvalue weighted by Crippen LogP contribution is 2.20. The normalized spacial score (nSPS) is 16.3. The summed E-state index contributed by atoms with van der Waals surface area (Å²) < 4.78 is 5.40. The van der Waals surface area contributed by atoms with Crippen LogP contribution in [0.15, 0.2) is 0 Å². The van der Waals surface area contributed by atoms with Gasteiger partial charge in [-0.25, -0.2) is 0 Å². The third-order valence-electron chi connectivity index (χ3n) is 3.40. The molecule has 112 valence electrons. The first-order valence-electron chi connectivity index (χ1n) is 7.09. The van der Waals surface area contributed by atoms with E-state index in [0.717, 1.165) is 38.4 Å². The molecule has 2 heterocycles. The first kappa shape index (κ1) is 14.8. The van der Waals surface area contributed by atoms with Gasteiger partial charge < -0.3 is 19.9 Å². The Labute approximate surface area is 120 Å². The van der Waals surface area contributed by atoms with Crippen molar-refractivity contribution in [2.45, 2.75) is 25.9 Å². The molecule has 0 unspecified atom stereocenters. The van der Waals surface area contributed by atoms with Crippen LogP contribution in [-0.4, -0.2) is 61.9 Å². The lowest BCUT2D eigenvalue weighted by atomic mass is 10.1. The van der Waals surface area contributed by atoms with Gasteiger partial charge >= 0.3 is 0 Å². The monoisotopic (exact) mass is 280 g/mol. The molecule has 1 aromatic rings. The van der Waals surface area contributed by atoms with Crippen molar-refractivity contribution in [2.24, 2.45) is 0 Å². The summed E-state index contributed by atoms with van der Waals surface area (Å²) in [5, 5.41) is 3.16. The molecule has 1 aliphatic heterocycles. The lowest BCUT2D eigenvalue weighted by molar-refractivity contribution is 0.0816. The van der Waals surface area contributed by atoms with Crippen LogP contribution in [0.5, 0.6) is 0 Å². The molecule has 0 spiro atoms. The molecule has 7 nitrogen and oxygen atoms in total. The summed E-state index contributed by atoms with van der Waals surface area (Å²) in [6.07, 6.45) is 2.38. The standard InChI is InChI=1S/C13H24N6O/c1-5-14-11-15-12(18(2)3)17-13(16-11)19-8-6-10(20-4)7-9-19/h10H,5-9H2,1-4H3,(H,14,15,16,17). The van der Waals surface area contributed by atoms with Crippen molar-refractivity contribution in [3.63, 3.8) is 0 Å². The number of hydrogen-bond donors (Lipinski definition) is 1. The first-order chi connectivity index (χ1) is 9.63. The Morgan fingerprint density at radius 3 is 2.50 bits per heavy atom. The number of anilines is 3. The maximum atomic E-state index is 5.40. The van der Waals surface area contributed by atoms with Gasteiger partial charge in [0.15, 0.2) is 0 Å². The summed E-state index contributed by atoms with van der Waals surface area (Å²) in [6, 6.07) is 0. The maximum absolute atomic E-state index is 5.40. The van der Waals surface area contributed by atoms with E-state index < -0.39 is 0 Å². The van der Waals surface area contributed by atoms with Crippen LogP contribution in [-0.2, 0) is 4.74 Å². The second kappa shape index (κ2) is 6.69. The Morgan fingerprint density at radius 1 is 1.25 bits per heavy atom. The Balaban J connectivity index is 2.17. The predicted molar refractivity (Wildman–Crippen MR) is 80.6 cm³/mol. The highest BCUT2D eigenvalue weighted by molar-refractivity contribution is 5.44. The van der Waals surface area contributed by atoms with Gasteiger partial charge in [0, 0.05) is 40.8 Å². The van der Waals surface area contributed by atoms with Crippen molar-refractivity contribution in [1.29, 1.82) is 0 Å². The third kappa shape index (κ3) is 3.47. The van der Waals surface area contributed by atoms with E-state index in [1.54, 1.807) is 7.11 Å². The van der Waals surface area contributed by atoms with Crippen molar-refractivity contribution in [2.75, 3.05) is 56.0 Å². The molecule has 1 aromatic heterocycles. The van der Waals surface area contributed by atoms with Crippen LogP contribution in [0.4, 0.5) is 17.8 Å². The van der Waals surface area contributed by atoms with E-state index in [4.69, 9.17) is 4.74 Å². The highest BCUT2D eigenvalue weighted by Gasteiger charge is 2.22. The second-order valence-electron chi connectivity index (χ2n) is 5.11. The van der Waals surface area contributed by atoms with Crippen LogP contribution < -0.4 is 15.1 Å². The van der Waals surface area contributed by atoms with Crippen molar-refractivity contribution < 1.29 is 4.74 Å². The molecule has 1 N–H and O–H groups in total. The molecule has 1 fully saturated rings. The smallest absolute Gasteiger partial charge is 0.231 e. The molecule has 7 heteroatoms. The minimum Gasteiger partial charge on any atom is -0.381 e. The largest absolute Gasteiger partial charge is 0.381 e. The molecule has 1 saturated heterocycles. The molecule has 0 aliphatic carbocycles. The lowest BCUT2D eigenvalue weighted by Crippen LogP contribution is -2.38. The van der Waals surface area contributed by atoms with E-state index in [1.807, 2.05) is 25.9 Å². The summed E-state index contributed by atoms with van der Waals surface area (Å²) in [7, 11) is 5.65. The molecular formula is C13H24N6O. The summed E-state index contributed by atoms with van der Waals surface area (Å²) in [5.74, 6) is 2.06. The van der Waals surface area contributed by atoms with Crippen molar-refractivity contribution in [3.05, 3.63) is 0 Å². The number of aromatic nitrogens is 3. The fraction of sp³-hybridized carbons (Fsp3) is 0.769. The van der Waals surface area contributed by atoms with Gasteiger partial charge in [-0.1, -0.05) is 0 Å². The fourth-order valence-corrected chi connectivity index (χ4v) is 2.22. The van der Waals surface area contributed by atoms with E-state index in [1.165, 1.54) is 0 Å². The summed E-state index contributed by atoms with van der Waals surface area (Å²) in [5.41, 5.74) is 0. The van der Waals surface area contributed by atoms with Gasteiger partial charge in [0.25, 0.3) is 0 Å². The molecule has 0 atom stereocenters. The summed E-state index contributed by atoms with van der Waals surface area (Å²) in [4.78, 5) is 17.5. The number of nitrogens with zero attached hydrogens (tertiary/aromatic N) is 5. The quantitative estimate of drug-likeness (QED) is 0.862.